The van der Waals surface area contributed by atoms with Crippen molar-refractivity contribution >= 4 is 12.1 Å². The fourth-order valence-electron chi connectivity index (χ4n) is 3.78. The number of amides is 1. The number of piperazine rings is 1. The Morgan fingerprint density at radius 3 is 2.73 bits per heavy atom. The molecule has 1 N–H and O–H groups in total. The molecule has 0 aromatic heterocycles. The van der Waals surface area contributed by atoms with Crippen LogP contribution in [0.2, 0.25) is 0 Å². The highest BCUT2D eigenvalue weighted by Crippen LogP contribution is 2.41. The summed E-state index contributed by atoms with van der Waals surface area (Å²) in [6, 6.07) is 11.4. The van der Waals surface area contributed by atoms with Crippen LogP contribution < -0.4 is 5.32 Å². The summed E-state index contributed by atoms with van der Waals surface area (Å²) in [6.07, 6.45) is 0.941. The van der Waals surface area contributed by atoms with Gasteiger partial charge in [-0.2, -0.15) is 0 Å². The number of carbonyl (C=O) groups is 1. The first kappa shape index (κ1) is 17.2. The Hall–Kier alpha value is -2.24. The van der Waals surface area contributed by atoms with E-state index in [0.29, 0.717) is 25.0 Å². The van der Waals surface area contributed by atoms with E-state index in [2.05, 4.69) is 40.5 Å². The lowest BCUT2D eigenvalue weighted by atomic mass is 10.1. The molecule has 1 aromatic carbocycles. The van der Waals surface area contributed by atoms with E-state index in [1.165, 1.54) is 5.56 Å². The molecular formula is C20H28N4O2. The molecule has 6 heteroatoms. The largest absolute Gasteiger partial charge is 0.444 e. The lowest BCUT2D eigenvalue weighted by Crippen LogP contribution is -2.57. The average molecular weight is 356 g/mol. The molecule has 2 fully saturated rings. The minimum absolute atomic E-state index is 0.218. The first-order valence-corrected chi connectivity index (χ1v) is 9.51. The van der Waals surface area contributed by atoms with Gasteiger partial charge in [-0.05, 0) is 32.8 Å². The summed E-state index contributed by atoms with van der Waals surface area (Å²) in [5, 5.41) is 3.62. The van der Waals surface area contributed by atoms with Crippen molar-refractivity contribution in [3.05, 3.63) is 35.9 Å². The van der Waals surface area contributed by atoms with E-state index < -0.39 is 5.60 Å². The molecule has 1 saturated carbocycles. The van der Waals surface area contributed by atoms with Gasteiger partial charge in [-0.15, -0.1) is 0 Å². The van der Waals surface area contributed by atoms with Crippen molar-refractivity contribution in [1.82, 2.24) is 15.1 Å². The van der Waals surface area contributed by atoms with Crippen molar-refractivity contribution in [2.45, 2.75) is 50.8 Å². The third kappa shape index (κ3) is 3.64. The number of fused-ring (bicyclic) bond motifs is 1. The van der Waals surface area contributed by atoms with Crippen LogP contribution in [0.4, 0.5) is 4.79 Å². The molecule has 3 unspecified atom stereocenters. The van der Waals surface area contributed by atoms with Crippen LogP contribution in [0, 0.1) is 0 Å². The van der Waals surface area contributed by atoms with Crippen LogP contribution in [-0.4, -0.2) is 65.7 Å². The van der Waals surface area contributed by atoms with Crippen LogP contribution in [0.25, 0.3) is 0 Å². The quantitative estimate of drug-likeness (QED) is 0.884. The van der Waals surface area contributed by atoms with Crippen molar-refractivity contribution in [1.29, 1.82) is 0 Å². The summed E-state index contributed by atoms with van der Waals surface area (Å²) in [5.41, 5.74) is 0.945. The Morgan fingerprint density at radius 1 is 1.23 bits per heavy atom. The molecule has 4 rings (SSSR count). The predicted octanol–water partition coefficient (Wildman–Crippen LogP) is 2.42. The smallest absolute Gasteiger partial charge is 0.410 e. The number of guanidine groups is 1. The number of hydrogen-bond acceptors (Lipinski definition) is 5. The van der Waals surface area contributed by atoms with Gasteiger partial charge in [0.2, 0.25) is 0 Å². The van der Waals surface area contributed by atoms with E-state index in [0.717, 1.165) is 25.5 Å². The first-order chi connectivity index (χ1) is 12.4. The van der Waals surface area contributed by atoms with Gasteiger partial charge < -0.3 is 19.9 Å². The number of ether oxygens (including phenoxy) is 1. The molecule has 0 spiro atoms. The van der Waals surface area contributed by atoms with Gasteiger partial charge in [0.15, 0.2) is 5.96 Å². The molecule has 0 bridgehead atoms. The Labute approximate surface area is 155 Å². The molecule has 140 valence electrons. The third-order valence-electron chi connectivity index (χ3n) is 5.19. The number of nitrogens with zero attached hydrogens (tertiary/aromatic N) is 3. The lowest BCUT2D eigenvalue weighted by Gasteiger charge is -2.39. The van der Waals surface area contributed by atoms with Gasteiger partial charge in [0.1, 0.15) is 5.60 Å². The molecule has 6 nitrogen and oxygen atoms in total. The van der Waals surface area contributed by atoms with Crippen molar-refractivity contribution in [3.63, 3.8) is 0 Å². The topological polar surface area (TPSA) is 57.2 Å². The molecular weight excluding hydrogens is 328 g/mol. The van der Waals surface area contributed by atoms with E-state index >= 15 is 0 Å². The Bertz CT molecular complexity index is 698. The zero-order valence-electron chi connectivity index (χ0n) is 15.8. The second-order valence-electron chi connectivity index (χ2n) is 8.44. The molecule has 2 heterocycles. The van der Waals surface area contributed by atoms with Gasteiger partial charge in [-0.25, -0.2) is 4.79 Å². The van der Waals surface area contributed by atoms with Gasteiger partial charge >= 0.3 is 6.09 Å². The molecule has 3 atom stereocenters. The first-order valence-electron chi connectivity index (χ1n) is 9.51. The van der Waals surface area contributed by atoms with Crippen LogP contribution >= 0.6 is 0 Å². The van der Waals surface area contributed by atoms with Gasteiger partial charge in [0.05, 0.1) is 12.6 Å². The third-order valence-corrected chi connectivity index (χ3v) is 5.19. The van der Waals surface area contributed by atoms with Crippen LogP contribution in [0.3, 0.4) is 0 Å². The average Bonchev–Trinajstić information content (AvgIpc) is 3.26. The monoisotopic (exact) mass is 356 g/mol. The van der Waals surface area contributed by atoms with Crippen molar-refractivity contribution < 1.29 is 9.53 Å². The Morgan fingerprint density at radius 2 is 2.00 bits per heavy atom. The maximum atomic E-state index is 12.3. The minimum Gasteiger partial charge on any atom is -0.444 e. The van der Waals surface area contributed by atoms with E-state index in [1.54, 1.807) is 0 Å². The summed E-state index contributed by atoms with van der Waals surface area (Å²) in [6.45, 7) is 8.61. The predicted molar refractivity (Wildman–Crippen MR) is 101 cm³/mol. The highest BCUT2D eigenvalue weighted by molar-refractivity contribution is 5.83. The highest BCUT2D eigenvalue weighted by atomic mass is 16.6. The second kappa shape index (κ2) is 6.49. The van der Waals surface area contributed by atoms with Gasteiger partial charge in [0, 0.05) is 31.6 Å². The lowest BCUT2D eigenvalue weighted by molar-refractivity contribution is 0.0137. The minimum atomic E-state index is -0.453. The number of rotatable bonds is 2. The SMILES string of the molecule is CC(C)(C)OC(=O)N1CCN2C(NC3CC3c3ccccc3)=NCC2C1. The van der Waals surface area contributed by atoms with Crippen LogP contribution in [0.5, 0.6) is 0 Å². The summed E-state index contributed by atoms with van der Waals surface area (Å²) in [5.74, 6) is 1.59. The molecule has 1 aromatic rings. The number of nitrogens with one attached hydrogen (secondary N) is 1. The highest BCUT2D eigenvalue weighted by Gasteiger charge is 2.42. The number of carbonyl (C=O) groups excluding carboxylic acids is 1. The molecule has 3 aliphatic rings. The molecule has 0 radical (unpaired) electrons. The number of aliphatic imine (C=N–C) groups is 1. The zero-order valence-corrected chi connectivity index (χ0v) is 15.8. The van der Waals surface area contributed by atoms with Crippen LogP contribution in [-0.2, 0) is 4.74 Å². The standard InChI is InChI=1S/C20H28N4O2/c1-20(2,3)26-19(25)23-9-10-24-15(13-23)12-21-18(24)22-17-11-16(17)14-7-5-4-6-8-14/h4-8,15-17H,9-13H2,1-3H3,(H,21,22). The van der Waals surface area contributed by atoms with Crippen LogP contribution in [0.1, 0.15) is 38.7 Å². The number of benzene rings is 1. The fraction of sp³-hybridized carbons (Fsp3) is 0.600. The van der Waals surface area contributed by atoms with E-state index in [-0.39, 0.29) is 12.1 Å². The molecule has 1 saturated heterocycles. The molecule has 1 aliphatic carbocycles. The normalized spacial score (nSPS) is 27.7. The van der Waals surface area contributed by atoms with Crippen molar-refractivity contribution in [3.8, 4) is 0 Å². The maximum Gasteiger partial charge on any atom is 0.410 e. The van der Waals surface area contributed by atoms with Gasteiger partial charge in [-0.1, -0.05) is 30.3 Å². The summed E-state index contributed by atoms with van der Waals surface area (Å²) < 4.78 is 5.51. The Kier molecular flexibility index (Phi) is 4.29. The fourth-order valence-corrected chi connectivity index (χ4v) is 3.78. The molecule has 1 amide bonds. The summed E-state index contributed by atoms with van der Waals surface area (Å²) in [7, 11) is 0. The molecule has 26 heavy (non-hydrogen) atoms. The Balaban J connectivity index is 1.30. The molecule has 2 aliphatic heterocycles. The van der Waals surface area contributed by atoms with Gasteiger partial charge in [-0.3, -0.25) is 4.99 Å². The summed E-state index contributed by atoms with van der Waals surface area (Å²) in [4.78, 5) is 21.1. The van der Waals surface area contributed by atoms with Crippen molar-refractivity contribution in [2.75, 3.05) is 26.2 Å². The summed E-state index contributed by atoms with van der Waals surface area (Å²) >= 11 is 0. The van der Waals surface area contributed by atoms with Gasteiger partial charge in [0.25, 0.3) is 0 Å². The van der Waals surface area contributed by atoms with Crippen molar-refractivity contribution in [2.24, 2.45) is 4.99 Å². The van der Waals surface area contributed by atoms with Crippen LogP contribution in [0.15, 0.2) is 35.3 Å². The van der Waals surface area contributed by atoms with E-state index in [1.807, 2.05) is 25.7 Å². The van der Waals surface area contributed by atoms with E-state index in [4.69, 9.17) is 9.73 Å². The van der Waals surface area contributed by atoms with E-state index in [9.17, 15) is 4.79 Å². The zero-order chi connectivity index (χ0) is 18.3. The number of hydrogen-bond donors (Lipinski definition) is 1. The second-order valence-corrected chi connectivity index (χ2v) is 8.44. The maximum absolute atomic E-state index is 12.3.